The standard InChI is InChI=1S/C5H8ClI/c1-2-3-5(7)4-6/h2,5H,1,3-4H2. The maximum Gasteiger partial charge on any atom is 0.0344 e. The summed E-state index contributed by atoms with van der Waals surface area (Å²) in [6.45, 7) is 3.59. The Morgan fingerprint density at radius 1 is 1.86 bits per heavy atom. The van der Waals surface area contributed by atoms with Gasteiger partial charge in [-0.15, -0.1) is 18.2 Å². The molecular formula is C5H8ClI. The molecule has 0 saturated carbocycles. The van der Waals surface area contributed by atoms with Crippen molar-refractivity contribution >= 4 is 34.2 Å². The minimum atomic E-state index is 0.566. The normalized spacial score (nSPS) is 13.4. The lowest BCUT2D eigenvalue weighted by Crippen LogP contribution is -1.94. The molecule has 0 heterocycles. The second-order valence-corrected chi connectivity index (χ2v) is 3.35. The van der Waals surface area contributed by atoms with Crippen LogP contribution in [0.2, 0.25) is 0 Å². The average molecular weight is 230 g/mol. The van der Waals surface area contributed by atoms with E-state index < -0.39 is 0 Å². The topological polar surface area (TPSA) is 0 Å². The van der Waals surface area contributed by atoms with Crippen LogP contribution in [0.3, 0.4) is 0 Å². The molecule has 0 saturated heterocycles. The smallest absolute Gasteiger partial charge is 0.0344 e. The molecule has 0 amide bonds. The van der Waals surface area contributed by atoms with Crippen LogP contribution in [0.15, 0.2) is 12.7 Å². The lowest BCUT2D eigenvalue weighted by molar-refractivity contribution is 1.03. The van der Waals surface area contributed by atoms with E-state index in [0.717, 1.165) is 12.3 Å². The molecule has 0 aliphatic carbocycles. The molecule has 7 heavy (non-hydrogen) atoms. The number of alkyl halides is 2. The predicted octanol–water partition coefficient (Wildman–Crippen LogP) is 2.60. The van der Waals surface area contributed by atoms with Gasteiger partial charge in [0.1, 0.15) is 0 Å². The van der Waals surface area contributed by atoms with E-state index in [1.54, 1.807) is 0 Å². The maximum atomic E-state index is 5.48. The number of hydrogen-bond donors (Lipinski definition) is 0. The zero-order chi connectivity index (χ0) is 5.70. The maximum absolute atomic E-state index is 5.48. The van der Waals surface area contributed by atoms with Crippen molar-refractivity contribution in [3.63, 3.8) is 0 Å². The summed E-state index contributed by atoms with van der Waals surface area (Å²) in [7, 11) is 0. The van der Waals surface area contributed by atoms with Gasteiger partial charge in [0.2, 0.25) is 0 Å². The fourth-order valence-corrected chi connectivity index (χ4v) is 0.729. The SMILES string of the molecule is C=CCC(I)CCl. The van der Waals surface area contributed by atoms with Crippen molar-refractivity contribution < 1.29 is 0 Å². The summed E-state index contributed by atoms with van der Waals surface area (Å²) < 4.78 is 0.566. The van der Waals surface area contributed by atoms with Crippen molar-refractivity contribution in [1.82, 2.24) is 0 Å². The lowest BCUT2D eigenvalue weighted by Gasteiger charge is -1.96. The highest BCUT2D eigenvalue weighted by Gasteiger charge is 1.94. The van der Waals surface area contributed by atoms with Gasteiger partial charge in [-0.05, 0) is 6.42 Å². The molecule has 0 aromatic carbocycles. The summed E-state index contributed by atoms with van der Waals surface area (Å²) in [6, 6.07) is 0. The largest absolute Gasteiger partial charge is 0.126 e. The highest BCUT2D eigenvalue weighted by Crippen LogP contribution is 2.06. The zero-order valence-corrected chi connectivity index (χ0v) is 6.95. The molecule has 0 N–H and O–H groups in total. The molecule has 1 unspecified atom stereocenters. The van der Waals surface area contributed by atoms with Gasteiger partial charge >= 0.3 is 0 Å². The number of hydrogen-bond acceptors (Lipinski definition) is 0. The van der Waals surface area contributed by atoms with E-state index in [1.807, 2.05) is 6.08 Å². The van der Waals surface area contributed by atoms with Crippen LogP contribution >= 0.6 is 34.2 Å². The van der Waals surface area contributed by atoms with Gasteiger partial charge in [-0.3, -0.25) is 0 Å². The van der Waals surface area contributed by atoms with Crippen LogP contribution in [0.4, 0.5) is 0 Å². The zero-order valence-electron chi connectivity index (χ0n) is 4.03. The Labute approximate surface area is 63.1 Å². The predicted molar refractivity (Wildman–Crippen MR) is 43.3 cm³/mol. The third-order valence-electron chi connectivity index (χ3n) is 0.590. The van der Waals surface area contributed by atoms with Crippen LogP contribution in [0, 0.1) is 0 Å². The Morgan fingerprint density at radius 2 is 2.43 bits per heavy atom. The number of allylic oxidation sites excluding steroid dienone is 1. The molecule has 0 aromatic rings. The molecule has 0 aromatic heterocycles. The van der Waals surface area contributed by atoms with Crippen LogP contribution in [0.25, 0.3) is 0 Å². The first-order valence-corrected chi connectivity index (χ1v) is 3.90. The molecular weight excluding hydrogens is 222 g/mol. The van der Waals surface area contributed by atoms with Crippen molar-refractivity contribution in [2.75, 3.05) is 5.88 Å². The molecule has 0 aliphatic heterocycles. The van der Waals surface area contributed by atoms with E-state index in [2.05, 4.69) is 29.2 Å². The molecule has 0 fully saturated rings. The van der Waals surface area contributed by atoms with Gasteiger partial charge in [0.15, 0.2) is 0 Å². The summed E-state index contributed by atoms with van der Waals surface area (Å²) in [5.41, 5.74) is 0. The Hall–Kier alpha value is 0.760. The molecule has 1 atom stereocenters. The van der Waals surface area contributed by atoms with Gasteiger partial charge in [0, 0.05) is 9.80 Å². The van der Waals surface area contributed by atoms with E-state index >= 15 is 0 Å². The molecule has 0 aliphatic rings. The van der Waals surface area contributed by atoms with Gasteiger partial charge in [-0.2, -0.15) is 0 Å². The van der Waals surface area contributed by atoms with Crippen LogP contribution in [-0.4, -0.2) is 9.80 Å². The highest BCUT2D eigenvalue weighted by molar-refractivity contribution is 14.1. The first kappa shape index (κ1) is 7.76. The molecule has 0 bridgehead atoms. The van der Waals surface area contributed by atoms with Crippen LogP contribution in [-0.2, 0) is 0 Å². The summed E-state index contributed by atoms with van der Waals surface area (Å²) >= 11 is 7.78. The molecule has 0 rings (SSSR count). The summed E-state index contributed by atoms with van der Waals surface area (Å²) in [5, 5.41) is 0. The number of halogens is 2. The lowest BCUT2D eigenvalue weighted by atomic mass is 10.3. The van der Waals surface area contributed by atoms with Gasteiger partial charge in [-0.1, -0.05) is 28.7 Å². The Morgan fingerprint density at radius 3 is 2.57 bits per heavy atom. The van der Waals surface area contributed by atoms with Crippen molar-refractivity contribution in [2.45, 2.75) is 10.3 Å². The third kappa shape index (κ3) is 4.62. The van der Waals surface area contributed by atoms with E-state index in [1.165, 1.54) is 0 Å². The van der Waals surface area contributed by atoms with E-state index in [9.17, 15) is 0 Å². The second kappa shape index (κ2) is 4.91. The molecule has 0 spiro atoms. The van der Waals surface area contributed by atoms with Gasteiger partial charge < -0.3 is 0 Å². The molecule has 2 heteroatoms. The van der Waals surface area contributed by atoms with Crippen molar-refractivity contribution in [3.05, 3.63) is 12.7 Å². The van der Waals surface area contributed by atoms with Gasteiger partial charge in [-0.25, -0.2) is 0 Å². The summed E-state index contributed by atoms with van der Waals surface area (Å²) in [5.74, 6) is 0.729. The van der Waals surface area contributed by atoms with Gasteiger partial charge in [0.25, 0.3) is 0 Å². The monoisotopic (exact) mass is 230 g/mol. The summed E-state index contributed by atoms with van der Waals surface area (Å²) in [6.07, 6.45) is 2.91. The van der Waals surface area contributed by atoms with E-state index in [4.69, 9.17) is 11.6 Å². The van der Waals surface area contributed by atoms with Crippen LogP contribution in [0.5, 0.6) is 0 Å². The summed E-state index contributed by atoms with van der Waals surface area (Å²) in [4.78, 5) is 0. The first-order chi connectivity index (χ1) is 3.31. The molecule has 0 radical (unpaired) electrons. The second-order valence-electron chi connectivity index (χ2n) is 1.28. The minimum Gasteiger partial charge on any atom is -0.126 e. The van der Waals surface area contributed by atoms with Crippen molar-refractivity contribution in [2.24, 2.45) is 0 Å². The third-order valence-corrected chi connectivity index (χ3v) is 2.43. The molecule has 0 nitrogen and oxygen atoms in total. The Bertz CT molecular complexity index is 54.0. The quantitative estimate of drug-likeness (QED) is 0.397. The van der Waals surface area contributed by atoms with E-state index in [0.29, 0.717) is 3.92 Å². The average Bonchev–Trinajstić information content (AvgIpc) is 1.68. The highest BCUT2D eigenvalue weighted by atomic mass is 127. The Kier molecular flexibility index (Phi) is 5.44. The van der Waals surface area contributed by atoms with Crippen molar-refractivity contribution in [1.29, 1.82) is 0 Å². The Balaban J connectivity index is 2.98. The fraction of sp³-hybridized carbons (Fsp3) is 0.600. The minimum absolute atomic E-state index is 0.566. The van der Waals surface area contributed by atoms with Crippen molar-refractivity contribution in [3.8, 4) is 0 Å². The number of rotatable bonds is 3. The van der Waals surface area contributed by atoms with Crippen LogP contribution < -0.4 is 0 Å². The van der Waals surface area contributed by atoms with E-state index in [-0.39, 0.29) is 0 Å². The first-order valence-electron chi connectivity index (χ1n) is 2.12. The van der Waals surface area contributed by atoms with Crippen LogP contribution in [0.1, 0.15) is 6.42 Å². The fourth-order valence-electron chi connectivity index (χ4n) is 0.244. The van der Waals surface area contributed by atoms with Gasteiger partial charge in [0.05, 0.1) is 0 Å². The molecule has 42 valence electrons.